The largest absolute Gasteiger partial charge is 0.336 e. The van der Waals surface area contributed by atoms with Gasteiger partial charge in [-0.25, -0.2) is 28.1 Å². The quantitative estimate of drug-likeness (QED) is 0.706. The van der Waals surface area contributed by atoms with Crippen molar-refractivity contribution in [3.8, 4) is 0 Å². The van der Waals surface area contributed by atoms with Crippen LogP contribution in [0.3, 0.4) is 0 Å². The van der Waals surface area contributed by atoms with Crippen LogP contribution in [0, 0.1) is 5.41 Å². The van der Waals surface area contributed by atoms with Gasteiger partial charge in [0.1, 0.15) is 0 Å². The minimum absolute atomic E-state index is 0.246. The Morgan fingerprint density at radius 1 is 0.760 bits per heavy atom. The van der Waals surface area contributed by atoms with Crippen molar-refractivity contribution >= 4 is 0 Å². The molecule has 1 rings (SSSR count). The van der Waals surface area contributed by atoms with E-state index >= 15 is 0 Å². The Labute approximate surface area is 151 Å². The predicted octanol–water partition coefficient (Wildman–Crippen LogP) is 3.14. The van der Waals surface area contributed by atoms with Crippen molar-refractivity contribution in [2.24, 2.45) is 12.5 Å². The predicted molar refractivity (Wildman–Crippen MR) is 104 cm³/mol. The Hall–Kier alpha value is -1.59. The van der Waals surface area contributed by atoms with Gasteiger partial charge < -0.3 is 0 Å². The molecule has 6 nitrogen and oxygen atoms in total. The summed E-state index contributed by atoms with van der Waals surface area (Å²) >= 11 is 0. The molecule has 0 aliphatic rings. The number of nitrogens with zero attached hydrogens (tertiary/aromatic N) is 3. The molecule has 0 N–H and O–H groups in total. The molecule has 0 saturated carbocycles. The number of hydrogen-bond donors (Lipinski definition) is 0. The van der Waals surface area contributed by atoms with Crippen LogP contribution < -0.4 is 17.1 Å². The fourth-order valence-corrected chi connectivity index (χ4v) is 2.38. The van der Waals surface area contributed by atoms with E-state index in [9.17, 15) is 14.4 Å². The van der Waals surface area contributed by atoms with Crippen molar-refractivity contribution < 1.29 is 0 Å². The standard InChI is InChI=1S/C16H29N3O3.C3H8/c1-6-7-11-18-13(20)17(5)14(21)19(15(18)22)12-9-8-10-16(2,3)4;1-3-2/h6-12H2,1-5H3;3H2,1-2H3. The highest BCUT2D eigenvalue weighted by Gasteiger charge is 2.13. The second-order valence-corrected chi connectivity index (χ2v) is 7.79. The van der Waals surface area contributed by atoms with Gasteiger partial charge in [0.25, 0.3) is 0 Å². The summed E-state index contributed by atoms with van der Waals surface area (Å²) in [5.41, 5.74) is -1.26. The first-order valence-electron chi connectivity index (χ1n) is 9.51. The van der Waals surface area contributed by atoms with Gasteiger partial charge in [0.05, 0.1) is 0 Å². The molecule has 0 aliphatic carbocycles. The molecule has 0 atom stereocenters. The monoisotopic (exact) mass is 355 g/mol. The molecular weight excluding hydrogens is 318 g/mol. The molecule has 0 saturated heterocycles. The molecule has 0 aliphatic heterocycles. The maximum atomic E-state index is 12.4. The first kappa shape index (κ1) is 23.4. The fraction of sp³-hybridized carbons (Fsp3) is 0.842. The first-order chi connectivity index (χ1) is 11.6. The van der Waals surface area contributed by atoms with Crippen LogP contribution in [0.15, 0.2) is 14.4 Å². The summed E-state index contributed by atoms with van der Waals surface area (Å²) in [7, 11) is 1.43. The van der Waals surface area contributed by atoms with Crippen molar-refractivity contribution in [2.45, 2.75) is 93.2 Å². The maximum Gasteiger partial charge on any atom is 0.336 e. The molecule has 0 fully saturated rings. The highest BCUT2D eigenvalue weighted by atomic mass is 16.2. The van der Waals surface area contributed by atoms with Crippen LogP contribution in [-0.2, 0) is 20.1 Å². The van der Waals surface area contributed by atoms with Crippen molar-refractivity contribution in [1.29, 1.82) is 0 Å². The van der Waals surface area contributed by atoms with E-state index in [0.29, 0.717) is 13.1 Å². The van der Waals surface area contributed by atoms with Gasteiger partial charge in [-0.2, -0.15) is 0 Å². The van der Waals surface area contributed by atoms with Gasteiger partial charge in [0.15, 0.2) is 0 Å². The zero-order valence-electron chi connectivity index (χ0n) is 17.2. The molecule has 25 heavy (non-hydrogen) atoms. The fourth-order valence-electron chi connectivity index (χ4n) is 2.38. The molecule has 146 valence electrons. The molecule has 1 aromatic heterocycles. The summed E-state index contributed by atoms with van der Waals surface area (Å²) in [6, 6.07) is 0. The van der Waals surface area contributed by atoms with Crippen LogP contribution in [0.25, 0.3) is 0 Å². The molecule has 0 spiro atoms. The highest BCUT2D eigenvalue weighted by Crippen LogP contribution is 2.21. The lowest BCUT2D eigenvalue weighted by molar-refractivity contribution is 0.349. The third-order valence-electron chi connectivity index (χ3n) is 3.79. The second-order valence-electron chi connectivity index (χ2n) is 7.79. The zero-order valence-corrected chi connectivity index (χ0v) is 17.2. The molecule has 0 amide bonds. The Morgan fingerprint density at radius 2 is 1.20 bits per heavy atom. The van der Waals surface area contributed by atoms with E-state index < -0.39 is 17.1 Å². The minimum atomic E-state index is -0.519. The Kier molecular flexibility index (Phi) is 10.4. The van der Waals surface area contributed by atoms with E-state index in [2.05, 4.69) is 34.6 Å². The lowest BCUT2D eigenvalue weighted by atomic mass is 9.90. The summed E-state index contributed by atoms with van der Waals surface area (Å²) in [4.78, 5) is 36.6. The molecular formula is C19H37N3O3. The normalized spacial score (nSPS) is 11.2. The first-order valence-corrected chi connectivity index (χ1v) is 9.51. The van der Waals surface area contributed by atoms with Gasteiger partial charge in [0, 0.05) is 20.1 Å². The summed E-state index contributed by atoms with van der Waals surface area (Å²) in [5, 5.41) is 0. The Morgan fingerprint density at radius 3 is 1.60 bits per heavy atom. The van der Waals surface area contributed by atoms with Crippen LogP contribution in [0.4, 0.5) is 0 Å². The van der Waals surface area contributed by atoms with E-state index in [1.165, 1.54) is 22.6 Å². The summed E-state index contributed by atoms with van der Waals surface area (Å²) in [6.45, 7) is 13.5. The van der Waals surface area contributed by atoms with E-state index in [0.717, 1.165) is 36.7 Å². The number of hydrogen-bond acceptors (Lipinski definition) is 3. The van der Waals surface area contributed by atoms with Gasteiger partial charge in [-0.15, -0.1) is 0 Å². The lowest BCUT2D eigenvalue weighted by Crippen LogP contribution is -2.53. The van der Waals surface area contributed by atoms with Gasteiger partial charge in [-0.1, -0.05) is 60.8 Å². The highest BCUT2D eigenvalue weighted by molar-refractivity contribution is 4.78. The average Bonchev–Trinajstić information content (AvgIpc) is 2.52. The van der Waals surface area contributed by atoms with Crippen LogP contribution in [0.5, 0.6) is 0 Å². The summed E-state index contributed by atoms with van der Waals surface area (Å²) < 4.78 is 3.40. The van der Waals surface area contributed by atoms with Crippen molar-refractivity contribution in [1.82, 2.24) is 13.7 Å². The molecule has 1 heterocycles. The van der Waals surface area contributed by atoms with E-state index in [1.807, 2.05) is 6.92 Å². The Bertz CT molecular complexity index is 675. The van der Waals surface area contributed by atoms with E-state index in [-0.39, 0.29) is 5.41 Å². The van der Waals surface area contributed by atoms with Gasteiger partial charge in [0.2, 0.25) is 0 Å². The van der Waals surface area contributed by atoms with Crippen molar-refractivity contribution in [3.05, 3.63) is 31.5 Å². The third kappa shape index (κ3) is 7.88. The van der Waals surface area contributed by atoms with Crippen LogP contribution in [0.1, 0.15) is 80.1 Å². The van der Waals surface area contributed by atoms with Crippen LogP contribution in [0.2, 0.25) is 0 Å². The number of aromatic nitrogens is 3. The summed E-state index contributed by atoms with van der Waals surface area (Å²) in [5.74, 6) is 0. The second kappa shape index (κ2) is 11.1. The molecule has 1 aromatic rings. The number of rotatable bonds is 7. The zero-order chi connectivity index (χ0) is 19.6. The minimum Gasteiger partial charge on any atom is -0.248 e. The van der Waals surface area contributed by atoms with Gasteiger partial charge in [-0.05, 0) is 24.7 Å². The molecule has 0 aromatic carbocycles. The third-order valence-corrected chi connectivity index (χ3v) is 3.79. The number of unbranched alkanes of at least 4 members (excludes halogenated alkanes) is 2. The molecule has 0 radical (unpaired) electrons. The SMILES string of the molecule is CCC.CCCCn1c(=O)n(C)c(=O)n(CCCCC(C)(C)C)c1=O. The van der Waals surface area contributed by atoms with Crippen molar-refractivity contribution in [3.63, 3.8) is 0 Å². The molecule has 0 unspecified atom stereocenters. The van der Waals surface area contributed by atoms with Crippen LogP contribution in [-0.4, -0.2) is 13.7 Å². The lowest BCUT2D eigenvalue weighted by Gasteiger charge is -2.17. The Balaban J connectivity index is 0.00000178. The smallest absolute Gasteiger partial charge is 0.248 e. The average molecular weight is 356 g/mol. The van der Waals surface area contributed by atoms with Crippen LogP contribution >= 0.6 is 0 Å². The molecule has 0 bridgehead atoms. The van der Waals surface area contributed by atoms with Gasteiger partial charge >= 0.3 is 17.1 Å². The van der Waals surface area contributed by atoms with Crippen molar-refractivity contribution in [2.75, 3.05) is 0 Å². The van der Waals surface area contributed by atoms with E-state index in [4.69, 9.17) is 0 Å². The van der Waals surface area contributed by atoms with E-state index in [1.54, 1.807) is 0 Å². The van der Waals surface area contributed by atoms with Gasteiger partial charge in [-0.3, -0.25) is 0 Å². The topological polar surface area (TPSA) is 66.0 Å². The molecule has 6 heteroatoms. The summed E-state index contributed by atoms with van der Waals surface area (Å²) in [6.07, 6.45) is 5.64. The maximum absolute atomic E-state index is 12.4.